The third kappa shape index (κ3) is 10.8. The number of rotatable bonds is 19. The van der Waals surface area contributed by atoms with Gasteiger partial charge in [0, 0.05) is 30.4 Å². The van der Waals surface area contributed by atoms with Crippen LogP contribution in [-0.4, -0.2) is 75.7 Å². The zero-order valence-electron chi connectivity index (χ0n) is 27.7. The summed E-state index contributed by atoms with van der Waals surface area (Å²) < 4.78 is 45.8. The number of sulfonamides is 1. The lowest BCUT2D eigenvalue weighted by Crippen LogP contribution is -2.50. The molecule has 264 valence electrons. The Bertz CT molecular complexity index is 1990. The molecule has 3 N–H and O–H groups in total. The molecule has 0 saturated heterocycles. The summed E-state index contributed by atoms with van der Waals surface area (Å²) in [5, 5.41) is 9.48. The number of hydrogen-bond acceptors (Lipinski definition) is 11. The fourth-order valence-electron chi connectivity index (χ4n) is 4.55. The molecular weight excluding hydrogens is 688 g/mol. The predicted molar refractivity (Wildman–Crippen MR) is 189 cm³/mol. The molecule has 4 aromatic rings. The number of nitrogens with one attached hydrogen (secondary N) is 3. The first-order valence-electron chi connectivity index (χ1n) is 15.4. The van der Waals surface area contributed by atoms with Gasteiger partial charge in [-0.15, -0.1) is 0 Å². The SMILES string of the molecule is COc1ccc(Cl)c(Nc2nc3ccccc3nc2NS(=O)(=O)c2cccc(CC(=O)C(C)(C)NC(=O)CCOCCOCCN=[N+]=[N-])c2)c1. The van der Waals surface area contributed by atoms with Crippen molar-refractivity contribution in [2.75, 3.05) is 50.1 Å². The molecule has 0 aliphatic heterocycles. The van der Waals surface area contributed by atoms with Gasteiger partial charge in [-0.05, 0) is 61.3 Å². The summed E-state index contributed by atoms with van der Waals surface area (Å²) in [6, 6.07) is 17.9. The summed E-state index contributed by atoms with van der Waals surface area (Å²) in [5.41, 5.74) is 8.81. The van der Waals surface area contributed by atoms with E-state index in [2.05, 4.69) is 35.3 Å². The van der Waals surface area contributed by atoms with E-state index in [0.29, 0.717) is 33.1 Å². The van der Waals surface area contributed by atoms with Gasteiger partial charge in [-0.25, -0.2) is 18.4 Å². The van der Waals surface area contributed by atoms with E-state index in [4.69, 9.17) is 31.3 Å². The minimum atomic E-state index is -4.23. The second-order valence-electron chi connectivity index (χ2n) is 11.3. The number of halogens is 1. The fraction of sp³-hybridized carbons (Fsp3) is 0.333. The van der Waals surface area contributed by atoms with Crippen molar-refractivity contribution < 1.29 is 32.2 Å². The first kappa shape index (κ1) is 37.8. The lowest BCUT2D eigenvalue weighted by atomic mass is 9.93. The van der Waals surface area contributed by atoms with E-state index in [1.54, 1.807) is 62.4 Å². The molecule has 0 unspecified atom stereocenters. The van der Waals surface area contributed by atoms with Crippen LogP contribution < -0.4 is 20.1 Å². The number of ether oxygens (including phenoxy) is 3. The summed E-state index contributed by atoms with van der Waals surface area (Å²) in [5.74, 6) is -0.162. The number of aromatic nitrogens is 2. The molecule has 15 nitrogen and oxygen atoms in total. The number of carbonyl (C=O) groups excluding carboxylic acids is 2. The normalized spacial score (nSPS) is 11.4. The minimum absolute atomic E-state index is 0.0212. The summed E-state index contributed by atoms with van der Waals surface area (Å²) in [6.07, 6.45) is -0.120. The molecule has 0 aliphatic rings. The summed E-state index contributed by atoms with van der Waals surface area (Å²) in [7, 11) is -2.72. The van der Waals surface area contributed by atoms with E-state index in [1.807, 2.05) is 0 Å². The van der Waals surface area contributed by atoms with Crippen molar-refractivity contribution in [3.63, 3.8) is 0 Å². The van der Waals surface area contributed by atoms with Gasteiger partial charge in [0.1, 0.15) is 5.75 Å². The number of carbonyl (C=O) groups is 2. The Morgan fingerprint density at radius 2 is 1.64 bits per heavy atom. The van der Waals surface area contributed by atoms with Gasteiger partial charge in [-0.1, -0.05) is 41.0 Å². The molecule has 17 heteroatoms. The minimum Gasteiger partial charge on any atom is -0.497 e. The Kier molecular flexibility index (Phi) is 13.3. The number of ketones is 1. The maximum atomic E-state index is 13.7. The molecule has 3 aromatic carbocycles. The maximum Gasteiger partial charge on any atom is 0.263 e. The van der Waals surface area contributed by atoms with Crippen molar-refractivity contribution in [3.05, 3.63) is 87.8 Å². The number of nitrogens with zero attached hydrogens (tertiary/aromatic N) is 5. The molecule has 1 aromatic heterocycles. The van der Waals surface area contributed by atoms with Gasteiger partial charge in [-0.3, -0.25) is 14.3 Å². The smallest absolute Gasteiger partial charge is 0.263 e. The van der Waals surface area contributed by atoms with Crippen LogP contribution in [0.4, 0.5) is 17.3 Å². The molecule has 1 amide bonds. The third-order valence-corrected chi connectivity index (χ3v) is 8.86. The second kappa shape index (κ2) is 17.6. The van der Waals surface area contributed by atoms with Crippen LogP contribution in [0.15, 0.2) is 76.7 Å². The molecule has 0 bridgehead atoms. The number of azide groups is 1. The van der Waals surface area contributed by atoms with E-state index in [1.165, 1.54) is 25.3 Å². The lowest BCUT2D eigenvalue weighted by Gasteiger charge is -2.25. The largest absolute Gasteiger partial charge is 0.497 e. The van der Waals surface area contributed by atoms with E-state index in [9.17, 15) is 18.0 Å². The van der Waals surface area contributed by atoms with E-state index in [-0.39, 0.29) is 74.0 Å². The van der Waals surface area contributed by atoms with Gasteiger partial charge in [0.2, 0.25) is 5.91 Å². The lowest BCUT2D eigenvalue weighted by molar-refractivity contribution is -0.131. The Morgan fingerprint density at radius 3 is 2.34 bits per heavy atom. The zero-order chi connectivity index (χ0) is 36.1. The number of para-hydroxylation sites is 2. The summed E-state index contributed by atoms with van der Waals surface area (Å²) in [4.78, 5) is 37.4. The van der Waals surface area contributed by atoms with Crippen LogP contribution in [0.5, 0.6) is 5.75 Å². The maximum absolute atomic E-state index is 13.7. The zero-order valence-corrected chi connectivity index (χ0v) is 29.3. The Hall–Kier alpha value is -4.99. The van der Waals surface area contributed by atoms with Gasteiger partial charge in [0.15, 0.2) is 17.4 Å². The van der Waals surface area contributed by atoms with Crippen LogP contribution in [0.3, 0.4) is 0 Å². The van der Waals surface area contributed by atoms with E-state index in [0.717, 1.165) is 0 Å². The number of hydrogen-bond donors (Lipinski definition) is 3. The highest BCUT2D eigenvalue weighted by atomic mass is 35.5. The Balaban J connectivity index is 1.42. The van der Waals surface area contributed by atoms with Gasteiger partial charge in [0.25, 0.3) is 10.0 Å². The molecule has 0 aliphatic carbocycles. The molecule has 1 heterocycles. The highest BCUT2D eigenvalue weighted by molar-refractivity contribution is 7.92. The van der Waals surface area contributed by atoms with Crippen LogP contribution >= 0.6 is 11.6 Å². The second-order valence-corrected chi connectivity index (χ2v) is 13.4. The molecule has 0 fully saturated rings. The van der Waals surface area contributed by atoms with Crippen LogP contribution in [0.2, 0.25) is 5.02 Å². The van der Waals surface area contributed by atoms with Crippen LogP contribution in [0, 0.1) is 0 Å². The molecular formula is C33H37ClN8O7S. The van der Waals surface area contributed by atoms with Crippen LogP contribution in [-0.2, 0) is 35.5 Å². The third-order valence-electron chi connectivity index (χ3n) is 7.19. The van der Waals surface area contributed by atoms with E-state index >= 15 is 0 Å². The van der Waals surface area contributed by atoms with Crippen molar-refractivity contribution in [2.45, 2.75) is 37.1 Å². The molecule has 0 saturated carbocycles. The van der Waals surface area contributed by atoms with Crippen molar-refractivity contribution in [1.29, 1.82) is 0 Å². The molecule has 50 heavy (non-hydrogen) atoms. The van der Waals surface area contributed by atoms with E-state index < -0.39 is 15.6 Å². The number of benzene rings is 3. The van der Waals surface area contributed by atoms with Gasteiger partial charge >= 0.3 is 0 Å². The number of Topliss-reactive ketones (excluding diaryl/α,β-unsaturated/α-hetero) is 1. The number of fused-ring (bicyclic) bond motifs is 1. The fourth-order valence-corrected chi connectivity index (χ4v) is 5.79. The van der Waals surface area contributed by atoms with Gasteiger partial charge in [-0.2, -0.15) is 0 Å². The predicted octanol–water partition coefficient (Wildman–Crippen LogP) is 5.58. The van der Waals surface area contributed by atoms with Crippen LogP contribution in [0.1, 0.15) is 25.8 Å². The van der Waals surface area contributed by atoms with Crippen molar-refractivity contribution in [2.24, 2.45) is 5.11 Å². The Labute approximate surface area is 294 Å². The monoisotopic (exact) mass is 724 g/mol. The van der Waals surface area contributed by atoms with Gasteiger partial charge in [0.05, 0.1) is 65.7 Å². The first-order chi connectivity index (χ1) is 23.9. The van der Waals surface area contributed by atoms with Crippen LogP contribution in [0.25, 0.3) is 21.5 Å². The van der Waals surface area contributed by atoms with Gasteiger partial charge < -0.3 is 24.8 Å². The number of amides is 1. The molecule has 4 rings (SSSR count). The van der Waals surface area contributed by atoms with Crippen molar-refractivity contribution >= 4 is 61.7 Å². The van der Waals surface area contributed by atoms with Crippen molar-refractivity contribution in [3.8, 4) is 5.75 Å². The highest BCUT2D eigenvalue weighted by Gasteiger charge is 2.29. The molecule has 0 radical (unpaired) electrons. The number of anilines is 3. The first-order valence-corrected chi connectivity index (χ1v) is 17.3. The summed E-state index contributed by atoms with van der Waals surface area (Å²) >= 11 is 6.40. The summed E-state index contributed by atoms with van der Waals surface area (Å²) in [6.45, 7) is 4.30. The molecule has 0 atom stereocenters. The highest BCUT2D eigenvalue weighted by Crippen LogP contribution is 2.33. The standard InChI is InChI=1S/C33H37ClN8O7S/c1-33(2,40-30(44)13-15-48-17-18-49-16-14-36-42-35)29(43)20-22-7-6-8-24(19-22)50(45,46)41-32-31(37-26-9-4-5-10-27(26)38-32)39-28-21-23(47-3)11-12-25(28)34/h4-12,19,21H,13-18,20H2,1-3H3,(H,37,39)(H,38,41)(H,40,44). The molecule has 0 spiro atoms. The average molecular weight is 725 g/mol. The Morgan fingerprint density at radius 1 is 0.940 bits per heavy atom. The quantitative estimate of drug-likeness (QED) is 0.0474. The topological polar surface area (TPSA) is 207 Å². The van der Waals surface area contributed by atoms with Crippen molar-refractivity contribution in [1.82, 2.24) is 15.3 Å². The number of methoxy groups -OCH3 is 1. The average Bonchev–Trinajstić information content (AvgIpc) is 3.08.